The maximum absolute atomic E-state index is 10.9. The fourth-order valence-corrected chi connectivity index (χ4v) is 2.84. The Balaban J connectivity index is 1.85. The van der Waals surface area contributed by atoms with Crippen LogP contribution in [0.1, 0.15) is 0 Å². The molecule has 0 saturated carbocycles. The number of carboxylic acid groups (broad SMARTS) is 1. The van der Waals surface area contributed by atoms with Crippen LogP contribution in [0, 0.1) is 5.92 Å². The van der Waals surface area contributed by atoms with Crippen molar-refractivity contribution in [3.05, 3.63) is 0 Å². The van der Waals surface area contributed by atoms with Crippen LogP contribution in [-0.4, -0.2) is 54.0 Å². The molecular weight excluding hydrogens is 172 g/mol. The molecule has 0 radical (unpaired) electrons. The molecule has 0 amide bonds. The molecule has 3 rings (SSSR count). The van der Waals surface area contributed by atoms with E-state index in [9.17, 15) is 4.79 Å². The highest BCUT2D eigenvalue weighted by Crippen LogP contribution is 2.40. The first-order valence-electron chi connectivity index (χ1n) is 4.59. The Morgan fingerprint density at radius 2 is 2.38 bits per heavy atom. The molecule has 0 bridgehead atoms. The number of rotatable bonds is 1. The molecule has 0 aliphatic carbocycles. The molecule has 0 aromatic heterocycles. The van der Waals surface area contributed by atoms with E-state index in [-0.39, 0.29) is 12.0 Å². The first-order chi connectivity index (χ1) is 6.29. The van der Waals surface area contributed by atoms with E-state index < -0.39 is 5.97 Å². The maximum atomic E-state index is 10.9. The number of carboxylic acids is 1. The maximum Gasteiger partial charge on any atom is 0.321 e. The zero-order chi connectivity index (χ0) is 9.00. The van der Waals surface area contributed by atoms with Gasteiger partial charge in [0.05, 0.1) is 13.2 Å². The smallest absolute Gasteiger partial charge is 0.321 e. The summed E-state index contributed by atoms with van der Waals surface area (Å²) >= 11 is 0. The fourth-order valence-electron chi connectivity index (χ4n) is 2.84. The molecule has 0 aromatic carbocycles. The van der Waals surface area contributed by atoms with Gasteiger partial charge in [0, 0.05) is 24.7 Å². The normalized spacial score (nSPS) is 48.3. The Morgan fingerprint density at radius 3 is 3.15 bits per heavy atom. The zero-order valence-corrected chi connectivity index (χ0v) is 7.14. The lowest BCUT2D eigenvalue weighted by molar-refractivity contribution is -0.169. The molecule has 3 aliphatic heterocycles. The SMILES string of the molecule is O=C(O)C1C2COCC3NCN1C32. The van der Waals surface area contributed by atoms with E-state index in [2.05, 4.69) is 5.32 Å². The van der Waals surface area contributed by atoms with Crippen molar-refractivity contribution in [3.8, 4) is 0 Å². The van der Waals surface area contributed by atoms with E-state index in [0.717, 1.165) is 6.61 Å². The number of aliphatic carboxylic acids is 1. The van der Waals surface area contributed by atoms with Crippen molar-refractivity contribution in [1.29, 1.82) is 0 Å². The minimum atomic E-state index is -0.714. The van der Waals surface area contributed by atoms with Crippen LogP contribution < -0.4 is 5.32 Å². The molecule has 5 nitrogen and oxygen atoms in total. The topological polar surface area (TPSA) is 61.8 Å². The van der Waals surface area contributed by atoms with E-state index >= 15 is 0 Å². The van der Waals surface area contributed by atoms with Gasteiger partial charge in [-0.05, 0) is 0 Å². The highest BCUT2D eigenvalue weighted by atomic mass is 16.5. The van der Waals surface area contributed by atoms with Gasteiger partial charge in [0.1, 0.15) is 6.04 Å². The first kappa shape index (κ1) is 7.73. The average molecular weight is 184 g/mol. The highest BCUT2D eigenvalue weighted by Gasteiger charge is 2.59. The summed E-state index contributed by atoms with van der Waals surface area (Å²) in [6.45, 7) is 2.03. The Bertz CT molecular complexity index is 258. The molecule has 3 heterocycles. The fraction of sp³-hybridized carbons (Fsp3) is 0.875. The minimum absolute atomic E-state index is 0.200. The van der Waals surface area contributed by atoms with Crippen molar-refractivity contribution < 1.29 is 14.6 Å². The Morgan fingerprint density at radius 1 is 1.54 bits per heavy atom. The average Bonchev–Trinajstić information content (AvgIpc) is 2.43. The molecule has 0 spiro atoms. The van der Waals surface area contributed by atoms with Crippen molar-refractivity contribution in [2.24, 2.45) is 5.92 Å². The quantitative estimate of drug-likeness (QED) is 0.530. The number of nitrogens with one attached hydrogen (secondary N) is 1. The molecule has 72 valence electrons. The van der Waals surface area contributed by atoms with E-state index in [1.807, 2.05) is 4.90 Å². The summed E-state index contributed by atoms with van der Waals surface area (Å²) in [4.78, 5) is 12.9. The minimum Gasteiger partial charge on any atom is -0.480 e. The number of nitrogens with zero attached hydrogens (tertiary/aromatic N) is 1. The summed E-state index contributed by atoms with van der Waals surface area (Å²) in [6.07, 6.45) is 0. The van der Waals surface area contributed by atoms with Gasteiger partial charge in [-0.2, -0.15) is 0 Å². The van der Waals surface area contributed by atoms with Gasteiger partial charge in [0.25, 0.3) is 0 Å². The largest absolute Gasteiger partial charge is 0.480 e. The lowest BCUT2D eigenvalue weighted by Gasteiger charge is -2.52. The van der Waals surface area contributed by atoms with E-state index in [0.29, 0.717) is 25.4 Å². The van der Waals surface area contributed by atoms with Gasteiger partial charge in [0.15, 0.2) is 0 Å². The summed E-state index contributed by atoms with van der Waals surface area (Å²) in [6, 6.07) is 0.451. The van der Waals surface area contributed by atoms with E-state index in [1.54, 1.807) is 0 Å². The highest BCUT2D eigenvalue weighted by molar-refractivity contribution is 5.76. The molecule has 13 heavy (non-hydrogen) atoms. The van der Waals surface area contributed by atoms with Crippen LogP contribution in [-0.2, 0) is 9.53 Å². The molecule has 2 N–H and O–H groups in total. The third-order valence-electron chi connectivity index (χ3n) is 3.39. The molecular formula is C8H12N2O3. The Hall–Kier alpha value is -0.650. The second-order valence-electron chi connectivity index (χ2n) is 3.96. The van der Waals surface area contributed by atoms with Crippen LogP contribution in [0.4, 0.5) is 0 Å². The molecule has 5 heteroatoms. The van der Waals surface area contributed by atoms with Gasteiger partial charge >= 0.3 is 5.97 Å². The van der Waals surface area contributed by atoms with Crippen LogP contribution >= 0.6 is 0 Å². The van der Waals surface area contributed by atoms with Gasteiger partial charge < -0.3 is 9.84 Å². The summed E-state index contributed by atoms with van der Waals surface area (Å²) in [5.41, 5.74) is 0. The molecule has 0 aromatic rings. The number of hydrogen-bond donors (Lipinski definition) is 2. The lowest BCUT2D eigenvalue weighted by Crippen LogP contribution is -2.70. The first-order valence-corrected chi connectivity index (χ1v) is 4.59. The Labute approximate surface area is 75.7 Å². The predicted molar refractivity (Wildman–Crippen MR) is 43.2 cm³/mol. The van der Waals surface area contributed by atoms with Crippen LogP contribution in [0.15, 0.2) is 0 Å². The second-order valence-corrected chi connectivity index (χ2v) is 3.96. The predicted octanol–water partition coefficient (Wildman–Crippen LogP) is -1.30. The standard InChI is InChI=1S/C8H12N2O3/c11-8(12)7-4-1-13-2-5-6(4)10(7)3-9-5/h4-7,9H,1-3H2,(H,11,12). The zero-order valence-electron chi connectivity index (χ0n) is 7.14. The monoisotopic (exact) mass is 184 g/mol. The summed E-state index contributed by atoms with van der Waals surface area (Å²) in [5, 5.41) is 12.2. The van der Waals surface area contributed by atoms with Crippen LogP contribution in [0.25, 0.3) is 0 Å². The van der Waals surface area contributed by atoms with Crippen molar-refractivity contribution in [1.82, 2.24) is 10.2 Å². The summed E-state index contributed by atoms with van der Waals surface area (Å²) in [5.74, 6) is -0.513. The van der Waals surface area contributed by atoms with E-state index in [4.69, 9.17) is 9.84 Å². The number of carbonyl (C=O) groups is 1. The molecule has 3 fully saturated rings. The van der Waals surface area contributed by atoms with E-state index in [1.165, 1.54) is 0 Å². The molecule has 3 saturated heterocycles. The van der Waals surface area contributed by atoms with Gasteiger partial charge in [0.2, 0.25) is 0 Å². The Kier molecular flexibility index (Phi) is 1.45. The molecule has 4 unspecified atom stereocenters. The third kappa shape index (κ3) is 0.841. The number of ether oxygens (including phenoxy) is 1. The van der Waals surface area contributed by atoms with Gasteiger partial charge in [-0.15, -0.1) is 0 Å². The van der Waals surface area contributed by atoms with Gasteiger partial charge in [-0.1, -0.05) is 0 Å². The van der Waals surface area contributed by atoms with Crippen LogP contribution in [0.2, 0.25) is 0 Å². The van der Waals surface area contributed by atoms with Crippen molar-refractivity contribution in [2.45, 2.75) is 18.1 Å². The summed E-state index contributed by atoms with van der Waals surface area (Å²) < 4.78 is 5.36. The van der Waals surface area contributed by atoms with Crippen LogP contribution in [0.5, 0.6) is 0 Å². The second kappa shape index (κ2) is 2.43. The lowest BCUT2D eigenvalue weighted by atomic mass is 9.77. The number of hydrogen-bond acceptors (Lipinski definition) is 4. The van der Waals surface area contributed by atoms with Gasteiger partial charge in [-0.3, -0.25) is 15.0 Å². The third-order valence-corrected chi connectivity index (χ3v) is 3.39. The van der Waals surface area contributed by atoms with Crippen LogP contribution in [0.3, 0.4) is 0 Å². The molecule has 4 atom stereocenters. The van der Waals surface area contributed by atoms with Crippen molar-refractivity contribution in [3.63, 3.8) is 0 Å². The van der Waals surface area contributed by atoms with Gasteiger partial charge in [-0.25, -0.2) is 0 Å². The molecule has 3 aliphatic rings. The summed E-state index contributed by atoms with van der Waals surface area (Å²) in [7, 11) is 0. The van der Waals surface area contributed by atoms with Crippen molar-refractivity contribution >= 4 is 5.97 Å². The van der Waals surface area contributed by atoms with Crippen molar-refractivity contribution in [2.75, 3.05) is 19.9 Å².